The van der Waals surface area contributed by atoms with Crippen molar-refractivity contribution in [3.8, 4) is 23.0 Å². The Morgan fingerprint density at radius 3 is 1.97 bits per heavy atom. The second-order valence-electron chi connectivity index (χ2n) is 8.53. The van der Waals surface area contributed by atoms with Gasteiger partial charge in [0.15, 0.2) is 28.7 Å². The molecule has 2 heterocycles. The summed E-state index contributed by atoms with van der Waals surface area (Å²) in [5, 5.41) is 12.1. The molecule has 2 bridgehead atoms. The van der Waals surface area contributed by atoms with E-state index in [2.05, 4.69) is 4.90 Å². The van der Waals surface area contributed by atoms with Crippen LogP contribution >= 0.6 is 0 Å². The minimum Gasteiger partial charge on any atom is -0.493 e. The summed E-state index contributed by atoms with van der Waals surface area (Å²) in [6, 6.07) is 9.98. The molecule has 182 valence electrons. The van der Waals surface area contributed by atoms with Crippen LogP contribution in [0.5, 0.6) is 23.0 Å². The Bertz CT molecular complexity index is 1040. The molecule has 2 atom stereocenters. The molecule has 0 saturated carbocycles. The van der Waals surface area contributed by atoms with Crippen LogP contribution in [0, 0.1) is 0 Å². The predicted octanol–water partition coefficient (Wildman–Crippen LogP) is 3.25. The molecule has 1 fully saturated rings. The number of likely N-dealkylation sites (N-methyl/N-ethyl adjacent to an activating group) is 1. The first-order valence-corrected chi connectivity index (χ1v) is 11.1. The highest BCUT2D eigenvalue weighted by Crippen LogP contribution is 2.44. The summed E-state index contributed by atoms with van der Waals surface area (Å²) in [7, 11) is 7.98. The molecule has 0 amide bonds. The van der Waals surface area contributed by atoms with E-state index in [4.69, 9.17) is 23.7 Å². The molecule has 1 saturated heterocycles. The van der Waals surface area contributed by atoms with Crippen molar-refractivity contribution in [1.29, 1.82) is 0 Å². The predicted molar refractivity (Wildman–Crippen MR) is 125 cm³/mol. The molecule has 2 aliphatic rings. The van der Waals surface area contributed by atoms with E-state index < -0.39 is 17.3 Å². The first-order valence-electron chi connectivity index (χ1n) is 11.1. The molecule has 0 spiro atoms. The number of benzene rings is 2. The Morgan fingerprint density at radius 2 is 1.47 bits per heavy atom. The number of methoxy groups -OCH3 is 4. The number of carbonyl (C=O) groups is 1. The second-order valence-corrected chi connectivity index (χ2v) is 8.53. The summed E-state index contributed by atoms with van der Waals surface area (Å²) in [5.41, 5.74) is -2.51. The fourth-order valence-corrected chi connectivity index (χ4v) is 4.85. The van der Waals surface area contributed by atoms with Gasteiger partial charge in [-0.3, -0.25) is 4.90 Å². The van der Waals surface area contributed by atoms with Gasteiger partial charge in [-0.15, -0.1) is 0 Å². The molecule has 2 aromatic rings. The summed E-state index contributed by atoms with van der Waals surface area (Å²) < 4.78 is 27.7. The average molecular weight is 470 g/mol. The zero-order valence-electron chi connectivity index (χ0n) is 20.2. The van der Waals surface area contributed by atoms with E-state index in [-0.39, 0.29) is 11.1 Å². The van der Waals surface area contributed by atoms with Crippen molar-refractivity contribution in [3.63, 3.8) is 0 Å². The van der Waals surface area contributed by atoms with Gasteiger partial charge in [0.05, 0.1) is 28.4 Å². The van der Waals surface area contributed by atoms with Crippen molar-refractivity contribution in [2.75, 3.05) is 35.5 Å². The highest BCUT2D eigenvalue weighted by Gasteiger charge is 2.52. The van der Waals surface area contributed by atoms with Crippen molar-refractivity contribution in [1.82, 2.24) is 4.90 Å². The molecule has 34 heavy (non-hydrogen) atoms. The third-order valence-corrected chi connectivity index (χ3v) is 6.93. The van der Waals surface area contributed by atoms with Gasteiger partial charge in [-0.2, -0.15) is 0 Å². The molecule has 8 heteroatoms. The third-order valence-electron chi connectivity index (χ3n) is 6.93. The van der Waals surface area contributed by atoms with E-state index in [1.165, 1.54) is 28.4 Å². The Kier molecular flexibility index (Phi) is 6.47. The SMILES string of the molecule is COc1ccc(C(O)(C(=O)O[C@]23C=CC[C@H](CC2)N3C)c2ccc(OC)c(OC)c2)cc1OC. The van der Waals surface area contributed by atoms with E-state index in [0.29, 0.717) is 35.5 Å². The van der Waals surface area contributed by atoms with Gasteiger partial charge < -0.3 is 28.8 Å². The van der Waals surface area contributed by atoms with E-state index in [9.17, 15) is 9.90 Å². The molecule has 0 radical (unpaired) electrons. The second kappa shape index (κ2) is 9.19. The Balaban J connectivity index is 1.84. The number of rotatable bonds is 8. The zero-order chi connectivity index (χ0) is 24.5. The number of aliphatic hydroxyl groups is 1. The van der Waals surface area contributed by atoms with Crippen molar-refractivity contribution in [2.45, 2.75) is 36.6 Å². The van der Waals surface area contributed by atoms with Crippen molar-refractivity contribution < 1.29 is 33.6 Å². The van der Waals surface area contributed by atoms with E-state index in [0.717, 1.165) is 12.8 Å². The minimum absolute atomic E-state index is 0.274. The van der Waals surface area contributed by atoms with Gasteiger partial charge in [0.25, 0.3) is 0 Å². The molecule has 0 aromatic heterocycles. The number of fused-ring (bicyclic) bond motifs is 2. The van der Waals surface area contributed by atoms with Crippen LogP contribution in [0.3, 0.4) is 0 Å². The zero-order valence-corrected chi connectivity index (χ0v) is 20.2. The highest BCUT2D eigenvalue weighted by molar-refractivity contribution is 5.86. The molecule has 8 nitrogen and oxygen atoms in total. The Hall–Kier alpha value is -3.23. The van der Waals surface area contributed by atoms with Gasteiger partial charge in [-0.25, -0.2) is 4.79 Å². The number of hydrogen-bond donors (Lipinski definition) is 1. The molecule has 2 aromatic carbocycles. The quantitative estimate of drug-likeness (QED) is 0.466. The van der Waals surface area contributed by atoms with Crippen LogP contribution in [0.4, 0.5) is 0 Å². The van der Waals surface area contributed by atoms with Crippen molar-refractivity contribution in [3.05, 3.63) is 59.7 Å². The van der Waals surface area contributed by atoms with Crippen molar-refractivity contribution in [2.24, 2.45) is 0 Å². The lowest BCUT2D eigenvalue weighted by atomic mass is 9.85. The van der Waals surface area contributed by atoms with Gasteiger partial charge in [0, 0.05) is 23.6 Å². The standard InChI is InChI=1S/C26H31NO7/c1-27-19-7-6-13-25(27,14-12-19)34-24(28)26(29,17-8-10-20(30-2)22(15-17)32-4)18-9-11-21(31-3)23(16-18)33-5/h6,8-11,13,15-16,19,29H,7,12,14H2,1-5H3/t19-,25-/m1/s1. The number of hydrogen-bond acceptors (Lipinski definition) is 8. The number of nitrogens with zero attached hydrogens (tertiary/aromatic N) is 1. The first kappa shape index (κ1) is 23.9. The van der Waals surface area contributed by atoms with Crippen LogP contribution < -0.4 is 18.9 Å². The smallest absolute Gasteiger partial charge is 0.349 e. The van der Waals surface area contributed by atoms with Gasteiger partial charge in [0.1, 0.15) is 0 Å². The molecule has 4 rings (SSSR count). The van der Waals surface area contributed by atoms with Crippen LogP contribution in [-0.2, 0) is 15.1 Å². The number of ether oxygens (including phenoxy) is 5. The fraction of sp³-hybridized carbons (Fsp3) is 0.423. The normalized spacial score (nSPS) is 21.8. The maximum atomic E-state index is 13.9. The lowest BCUT2D eigenvalue weighted by molar-refractivity contribution is -0.187. The summed E-state index contributed by atoms with van der Waals surface area (Å²) in [5.74, 6) is 0.898. The average Bonchev–Trinajstić information content (AvgIpc) is 3.03. The van der Waals surface area contributed by atoms with Crippen molar-refractivity contribution >= 4 is 5.97 Å². The summed E-state index contributed by atoms with van der Waals surface area (Å²) in [4.78, 5) is 16.0. The summed E-state index contributed by atoms with van der Waals surface area (Å²) in [6.45, 7) is 0. The van der Waals surface area contributed by atoms with Crippen LogP contribution in [-0.4, -0.2) is 63.2 Å². The number of esters is 1. The van der Waals surface area contributed by atoms with E-state index in [1.54, 1.807) is 36.4 Å². The first-order chi connectivity index (χ1) is 16.3. The summed E-state index contributed by atoms with van der Waals surface area (Å²) in [6.07, 6.45) is 6.42. The molecular weight excluding hydrogens is 438 g/mol. The Morgan fingerprint density at radius 1 is 0.941 bits per heavy atom. The maximum absolute atomic E-state index is 13.9. The van der Waals surface area contributed by atoms with Crippen LogP contribution in [0.25, 0.3) is 0 Å². The monoisotopic (exact) mass is 469 g/mol. The molecule has 0 aliphatic carbocycles. The van der Waals surface area contributed by atoms with E-state index in [1.807, 2.05) is 19.2 Å². The third kappa shape index (κ3) is 3.76. The minimum atomic E-state index is -2.15. The topological polar surface area (TPSA) is 86.7 Å². The van der Waals surface area contributed by atoms with Gasteiger partial charge in [0.2, 0.25) is 5.60 Å². The Labute approximate surface area is 199 Å². The van der Waals surface area contributed by atoms with Gasteiger partial charge in [-0.1, -0.05) is 18.2 Å². The molecule has 2 aliphatic heterocycles. The highest BCUT2D eigenvalue weighted by atomic mass is 16.6. The van der Waals surface area contributed by atoms with E-state index >= 15 is 0 Å². The van der Waals surface area contributed by atoms with Gasteiger partial charge in [-0.05, 0) is 50.2 Å². The fourth-order valence-electron chi connectivity index (χ4n) is 4.85. The van der Waals surface area contributed by atoms with Crippen LogP contribution in [0.2, 0.25) is 0 Å². The van der Waals surface area contributed by atoms with Gasteiger partial charge >= 0.3 is 5.97 Å². The van der Waals surface area contributed by atoms with Crippen LogP contribution in [0.1, 0.15) is 30.4 Å². The molecule has 1 N–H and O–H groups in total. The van der Waals surface area contributed by atoms with Crippen LogP contribution in [0.15, 0.2) is 48.6 Å². The summed E-state index contributed by atoms with van der Waals surface area (Å²) >= 11 is 0. The largest absolute Gasteiger partial charge is 0.493 e. The lowest BCUT2D eigenvalue weighted by Crippen LogP contribution is -2.52. The number of carbonyl (C=O) groups excluding carboxylic acids is 1. The molecular formula is C26H31NO7. The maximum Gasteiger partial charge on any atom is 0.349 e. The molecule has 0 unspecified atom stereocenters. The lowest BCUT2D eigenvalue weighted by Gasteiger charge is -2.40.